The van der Waals surface area contributed by atoms with E-state index >= 15 is 0 Å². The molecule has 0 saturated carbocycles. The van der Waals surface area contributed by atoms with Gasteiger partial charge in [0.1, 0.15) is 18.4 Å². The van der Waals surface area contributed by atoms with Crippen molar-refractivity contribution in [2.45, 2.75) is 12.0 Å². The number of carbonyl (C=O) groups is 2. The number of ether oxygens (including phenoxy) is 2. The molecule has 3 aromatic carbocycles. The van der Waals surface area contributed by atoms with Crippen molar-refractivity contribution in [3.8, 4) is 5.75 Å². The molecular formula is C26H22BrN3O4. The van der Waals surface area contributed by atoms with Gasteiger partial charge in [0.15, 0.2) is 0 Å². The highest BCUT2D eigenvalue weighted by molar-refractivity contribution is 9.10. The molecule has 2 aliphatic rings. The average Bonchev–Trinajstić information content (AvgIpc) is 3.48. The summed E-state index contributed by atoms with van der Waals surface area (Å²) in [4.78, 5) is 27.5. The second-order valence-corrected chi connectivity index (χ2v) is 8.86. The van der Waals surface area contributed by atoms with Crippen molar-refractivity contribution < 1.29 is 19.1 Å². The molecule has 0 radical (unpaired) electrons. The Morgan fingerprint density at radius 2 is 1.74 bits per heavy atom. The van der Waals surface area contributed by atoms with Crippen LogP contribution >= 0.6 is 15.9 Å². The first-order chi connectivity index (χ1) is 16.6. The zero-order chi connectivity index (χ0) is 23.7. The van der Waals surface area contributed by atoms with Gasteiger partial charge in [0.05, 0.1) is 31.0 Å². The molecule has 1 fully saturated rings. The Bertz CT molecular complexity index is 1250. The molecule has 8 heteroatoms. The van der Waals surface area contributed by atoms with E-state index < -0.39 is 18.1 Å². The minimum absolute atomic E-state index is 0.182. The smallest absolute Gasteiger partial charge is 0.416 e. The Hall–Kier alpha value is -3.65. The highest BCUT2D eigenvalue weighted by Crippen LogP contribution is 2.41. The van der Waals surface area contributed by atoms with Gasteiger partial charge in [0, 0.05) is 10.0 Å². The fraction of sp³-hybridized carbons (Fsp3) is 0.192. The van der Waals surface area contributed by atoms with Gasteiger partial charge < -0.3 is 9.47 Å². The van der Waals surface area contributed by atoms with Crippen LogP contribution in [-0.2, 0) is 9.53 Å². The van der Waals surface area contributed by atoms with Crippen molar-refractivity contribution in [2.75, 3.05) is 25.3 Å². The molecule has 2 aliphatic heterocycles. The molecule has 2 heterocycles. The molecule has 0 spiro atoms. The van der Waals surface area contributed by atoms with Crippen molar-refractivity contribution in [2.24, 2.45) is 5.10 Å². The topological polar surface area (TPSA) is 71.4 Å². The number of hydrogen-bond acceptors (Lipinski definition) is 6. The summed E-state index contributed by atoms with van der Waals surface area (Å²) in [6, 6.07) is 24.1. The Morgan fingerprint density at radius 1 is 1.03 bits per heavy atom. The van der Waals surface area contributed by atoms with E-state index in [9.17, 15) is 9.59 Å². The molecule has 0 N–H and O–H groups in total. The lowest BCUT2D eigenvalue weighted by Crippen LogP contribution is -2.48. The summed E-state index contributed by atoms with van der Waals surface area (Å²) in [5, 5.41) is 6.68. The van der Waals surface area contributed by atoms with E-state index in [-0.39, 0.29) is 19.1 Å². The maximum Gasteiger partial charge on any atom is 0.416 e. The van der Waals surface area contributed by atoms with Gasteiger partial charge in [0.25, 0.3) is 5.91 Å². The Kier molecular flexibility index (Phi) is 6.06. The number of para-hydroxylation sites is 1. The monoisotopic (exact) mass is 519 g/mol. The molecule has 0 unspecified atom stereocenters. The predicted octanol–water partition coefficient (Wildman–Crippen LogP) is 4.81. The molecule has 34 heavy (non-hydrogen) atoms. The molecule has 7 nitrogen and oxygen atoms in total. The molecule has 3 aromatic rings. The fourth-order valence-electron chi connectivity index (χ4n) is 4.43. The van der Waals surface area contributed by atoms with E-state index in [1.165, 1.54) is 4.90 Å². The van der Waals surface area contributed by atoms with Crippen molar-refractivity contribution in [1.82, 2.24) is 4.90 Å². The number of cyclic esters (lactones) is 1. The lowest BCUT2D eigenvalue weighted by molar-refractivity contribution is -0.129. The number of hydrazone groups is 1. The van der Waals surface area contributed by atoms with Crippen LogP contribution in [0.25, 0.3) is 0 Å². The first kappa shape index (κ1) is 22.2. The first-order valence-corrected chi connectivity index (χ1v) is 11.7. The lowest BCUT2D eigenvalue weighted by Gasteiger charge is -2.30. The second-order valence-electron chi connectivity index (χ2n) is 7.94. The third-order valence-corrected chi connectivity index (χ3v) is 6.53. The number of anilines is 1. The molecule has 0 aromatic heterocycles. The zero-order valence-corrected chi connectivity index (χ0v) is 20.0. The van der Waals surface area contributed by atoms with Gasteiger partial charge in [-0.1, -0.05) is 64.5 Å². The van der Waals surface area contributed by atoms with Crippen LogP contribution in [0.15, 0.2) is 88.4 Å². The molecule has 2 atom stereocenters. The average molecular weight is 520 g/mol. The third-order valence-electron chi connectivity index (χ3n) is 6.00. The summed E-state index contributed by atoms with van der Waals surface area (Å²) in [7, 11) is 1.61. The van der Waals surface area contributed by atoms with Gasteiger partial charge >= 0.3 is 6.09 Å². The number of hydrogen-bond donors (Lipinski definition) is 0. The highest BCUT2D eigenvalue weighted by Gasteiger charge is 2.48. The van der Waals surface area contributed by atoms with Gasteiger partial charge in [-0.15, -0.1) is 0 Å². The summed E-state index contributed by atoms with van der Waals surface area (Å²) >= 11 is 3.47. The minimum atomic E-state index is -0.807. The number of methoxy groups -OCH3 is 1. The lowest BCUT2D eigenvalue weighted by atomic mass is 9.83. The molecule has 1 saturated heterocycles. The largest absolute Gasteiger partial charge is 0.496 e. The van der Waals surface area contributed by atoms with Crippen molar-refractivity contribution in [3.05, 3.63) is 94.5 Å². The zero-order valence-electron chi connectivity index (χ0n) is 18.4. The summed E-state index contributed by atoms with van der Waals surface area (Å²) in [6.07, 6.45) is -0.632. The second kappa shape index (κ2) is 9.30. The molecule has 0 aliphatic carbocycles. The van der Waals surface area contributed by atoms with Gasteiger partial charge in [-0.05, 0) is 35.9 Å². The molecular weight excluding hydrogens is 498 g/mol. The van der Waals surface area contributed by atoms with E-state index in [4.69, 9.17) is 14.6 Å². The van der Waals surface area contributed by atoms with Crippen LogP contribution in [0.1, 0.15) is 17.0 Å². The standard InChI is InChI=1S/C26H22BrN3O4/c1-33-21-10-6-5-9-20(21)22-23(17-7-3-2-4-8-17)28-30(19-13-11-18(27)12-14-19)24(22)25(31)29-15-16-34-26(29)32/h2-14,22,24H,15-16H2,1H3/t22-,24-/m1/s1. The van der Waals surface area contributed by atoms with E-state index in [0.29, 0.717) is 5.75 Å². The summed E-state index contributed by atoms with van der Waals surface area (Å²) < 4.78 is 11.7. The number of halogens is 1. The highest BCUT2D eigenvalue weighted by atomic mass is 79.9. The number of benzene rings is 3. The number of rotatable bonds is 5. The Morgan fingerprint density at radius 3 is 2.41 bits per heavy atom. The van der Waals surface area contributed by atoms with Gasteiger partial charge in [0.2, 0.25) is 0 Å². The van der Waals surface area contributed by atoms with Crippen LogP contribution < -0.4 is 9.75 Å². The summed E-state index contributed by atoms with van der Waals surface area (Å²) in [6.45, 7) is 0.392. The number of nitrogens with zero attached hydrogens (tertiary/aromatic N) is 3. The van der Waals surface area contributed by atoms with Crippen LogP contribution in [0.2, 0.25) is 0 Å². The maximum absolute atomic E-state index is 13.9. The van der Waals surface area contributed by atoms with Gasteiger partial charge in [-0.2, -0.15) is 5.10 Å². The third kappa shape index (κ3) is 3.94. The van der Waals surface area contributed by atoms with E-state index in [2.05, 4.69) is 15.9 Å². The van der Waals surface area contributed by atoms with Crippen LogP contribution in [0.5, 0.6) is 5.75 Å². The van der Waals surface area contributed by atoms with E-state index in [0.717, 1.165) is 27.0 Å². The van der Waals surface area contributed by atoms with Crippen LogP contribution in [0.4, 0.5) is 10.5 Å². The van der Waals surface area contributed by atoms with Crippen molar-refractivity contribution >= 4 is 39.3 Å². The normalized spacial score (nSPS) is 19.7. The molecule has 2 amide bonds. The summed E-state index contributed by atoms with van der Waals surface area (Å²) in [5.41, 5.74) is 3.16. The van der Waals surface area contributed by atoms with Crippen LogP contribution in [0, 0.1) is 0 Å². The van der Waals surface area contributed by atoms with Gasteiger partial charge in [-0.3, -0.25) is 9.80 Å². The van der Waals surface area contributed by atoms with E-state index in [1.54, 1.807) is 12.1 Å². The Labute approximate surface area is 205 Å². The fourth-order valence-corrected chi connectivity index (χ4v) is 4.70. The predicted molar refractivity (Wildman–Crippen MR) is 132 cm³/mol. The number of imide groups is 1. The maximum atomic E-state index is 13.9. The van der Waals surface area contributed by atoms with Crippen LogP contribution in [0.3, 0.4) is 0 Å². The van der Waals surface area contributed by atoms with E-state index in [1.807, 2.05) is 78.9 Å². The molecule has 5 rings (SSSR count). The number of amides is 2. The molecule has 172 valence electrons. The minimum Gasteiger partial charge on any atom is -0.496 e. The number of carbonyl (C=O) groups excluding carboxylic acids is 2. The van der Waals surface area contributed by atoms with Crippen molar-refractivity contribution in [1.29, 1.82) is 0 Å². The first-order valence-electron chi connectivity index (χ1n) is 10.9. The SMILES string of the molecule is COc1ccccc1[C@@H]1C(c2ccccc2)=NN(c2ccc(Br)cc2)[C@H]1C(=O)N1CCOC1=O. The molecule has 0 bridgehead atoms. The summed E-state index contributed by atoms with van der Waals surface area (Å²) in [5.74, 6) is -0.199. The van der Waals surface area contributed by atoms with Gasteiger partial charge in [-0.25, -0.2) is 9.69 Å². The Balaban J connectivity index is 1.71. The van der Waals surface area contributed by atoms with Crippen LogP contribution in [-0.4, -0.2) is 48.9 Å². The quantitative estimate of drug-likeness (QED) is 0.483. The van der Waals surface area contributed by atoms with Crippen molar-refractivity contribution in [3.63, 3.8) is 0 Å².